The molecule has 0 spiro atoms. The molecular formula is C11H15NO2. The average Bonchev–Trinajstić information content (AvgIpc) is 2.68. The summed E-state index contributed by atoms with van der Waals surface area (Å²) < 4.78 is 1.32. The fraction of sp³-hybridized carbons (Fsp3) is 0.455. The van der Waals surface area contributed by atoms with Crippen molar-refractivity contribution in [2.75, 3.05) is 0 Å². The maximum Gasteiger partial charge on any atom is 0.298 e. The number of aromatic nitrogens is 1. The van der Waals surface area contributed by atoms with Crippen LogP contribution in [-0.2, 0) is 4.79 Å². The molecule has 76 valence electrons. The Morgan fingerprint density at radius 2 is 1.71 bits per heavy atom. The van der Waals surface area contributed by atoms with Gasteiger partial charge in [0.2, 0.25) is 5.78 Å². The van der Waals surface area contributed by atoms with Gasteiger partial charge in [-0.25, -0.2) is 0 Å². The van der Waals surface area contributed by atoms with Crippen molar-refractivity contribution >= 4 is 11.7 Å². The molecule has 0 bridgehead atoms. The van der Waals surface area contributed by atoms with E-state index in [9.17, 15) is 9.59 Å². The van der Waals surface area contributed by atoms with E-state index in [-0.39, 0.29) is 5.78 Å². The Hall–Kier alpha value is -1.38. The minimum atomic E-state index is -0.568. The van der Waals surface area contributed by atoms with Gasteiger partial charge in [-0.3, -0.25) is 14.2 Å². The molecule has 0 saturated carbocycles. The average molecular weight is 193 g/mol. The first-order chi connectivity index (χ1) is 6.49. The fourth-order valence-corrected chi connectivity index (χ4v) is 1.04. The van der Waals surface area contributed by atoms with Crippen LogP contribution in [0.4, 0.5) is 0 Å². The second-order valence-electron chi connectivity index (χ2n) is 3.96. The number of hydrogen-bond acceptors (Lipinski definition) is 2. The second-order valence-corrected chi connectivity index (χ2v) is 3.96. The van der Waals surface area contributed by atoms with E-state index in [1.165, 1.54) is 4.57 Å². The van der Waals surface area contributed by atoms with Gasteiger partial charge in [0.1, 0.15) is 0 Å². The van der Waals surface area contributed by atoms with Crippen LogP contribution in [0, 0.1) is 5.41 Å². The Labute approximate surface area is 83.7 Å². The summed E-state index contributed by atoms with van der Waals surface area (Å²) in [6.45, 7) is 5.48. The maximum absolute atomic E-state index is 11.7. The van der Waals surface area contributed by atoms with E-state index in [0.717, 1.165) is 0 Å². The lowest BCUT2D eigenvalue weighted by Gasteiger charge is -2.19. The molecule has 0 aliphatic carbocycles. The van der Waals surface area contributed by atoms with E-state index in [1.54, 1.807) is 38.4 Å². The van der Waals surface area contributed by atoms with Gasteiger partial charge < -0.3 is 0 Å². The van der Waals surface area contributed by atoms with Crippen LogP contribution in [0.1, 0.15) is 32.0 Å². The van der Waals surface area contributed by atoms with Crippen molar-refractivity contribution in [1.82, 2.24) is 4.57 Å². The Morgan fingerprint density at radius 1 is 1.21 bits per heavy atom. The Bertz CT molecular complexity index is 336. The quantitative estimate of drug-likeness (QED) is 0.690. The summed E-state index contributed by atoms with van der Waals surface area (Å²) in [5.41, 5.74) is -0.568. The van der Waals surface area contributed by atoms with Crippen molar-refractivity contribution in [3.05, 3.63) is 24.5 Å². The van der Waals surface area contributed by atoms with Gasteiger partial charge >= 0.3 is 0 Å². The molecule has 0 aliphatic heterocycles. The lowest BCUT2D eigenvalue weighted by atomic mass is 9.85. The van der Waals surface area contributed by atoms with Gasteiger partial charge in [0.05, 0.1) is 0 Å². The highest BCUT2D eigenvalue weighted by atomic mass is 16.2. The third kappa shape index (κ3) is 1.92. The van der Waals surface area contributed by atoms with Crippen LogP contribution in [-0.4, -0.2) is 16.3 Å². The highest BCUT2D eigenvalue weighted by Gasteiger charge is 2.31. The molecule has 1 aromatic rings. The molecule has 0 saturated heterocycles. The molecule has 0 unspecified atom stereocenters. The summed E-state index contributed by atoms with van der Waals surface area (Å²) in [4.78, 5) is 23.3. The first-order valence-electron chi connectivity index (χ1n) is 4.71. The SMILES string of the molecule is CCC(C)(C)C(=O)C(=O)n1cccc1. The molecule has 0 radical (unpaired) electrons. The molecule has 1 rings (SSSR count). The van der Waals surface area contributed by atoms with Crippen molar-refractivity contribution in [2.45, 2.75) is 27.2 Å². The molecule has 0 N–H and O–H groups in total. The van der Waals surface area contributed by atoms with Gasteiger partial charge in [-0.2, -0.15) is 0 Å². The van der Waals surface area contributed by atoms with Crippen LogP contribution >= 0.6 is 0 Å². The zero-order valence-corrected chi connectivity index (χ0v) is 8.78. The van der Waals surface area contributed by atoms with Gasteiger partial charge in [0.15, 0.2) is 0 Å². The van der Waals surface area contributed by atoms with Crippen molar-refractivity contribution in [3.8, 4) is 0 Å². The smallest absolute Gasteiger partial charge is 0.288 e. The predicted octanol–water partition coefficient (Wildman–Crippen LogP) is 2.13. The number of ketones is 1. The van der Waals surface area contributed by atoms with Gasteiger partial charge in [0.25, 0.3) is 5.91 Å². The molecule has 3 heteroatoms. The van der Waals surface area contributed by atoms with E-state index < -0.39 is 11.3 Å². The molecule has 0 fully saturated rings. The predicted molar refractivity (Wildman–Crippen MR) is 54.1 cm³/mol. The highest BCUT2D eigenvalue weighted by Crippen LogP contribution is 2.21. The number of hydrogen-bond donors (Lipinski definition) is 0. The fourth-order valence-electron chi connectivity index (χ4n) is 1.04. The number of rotatable bonds is 3. The standard InChI is InChI=1S/C11H15NO2/c1-4-11(2,3)9(13)10(14)12-7-5-6-8-12/h5-8H,4H2,1-3H3. The van der Waals surface area contributed by atoms with E-state index in [4.69, 9.17) is 0 Å². The first kappa shape index (κ1) is 10.7. The molecule has 0 aromatic carbocycles. The lowest BCUT2D eigenvalue weighted by molar-refractivity contribution is -0.123. The van der Waals surface area contributed by atoms with Gasteiger partial charge in [-0.1, -0.05) is 20.8 Å². The summed E-state index contributed by atoms with van der Waals surface area (Å²) in [6, 6.07) is 3.45. The minimum absolute atomic E-state index is 0.337. The van der Waals surface area contributed by atoms with E-state index in [2.05, 4.69) is 0 Å². The summed E-state index contributed by atoms with van der Waals surface area (Å²) >= 11 is 0. The normalized spacial score (nSPS) is 11.4. The van der Waals surface area contributed by atoms with E-state index in [0.29, 0.717) is 6.42 Å². The molecule has 1 heterocycles. The number of nitrogens with zero attached hydrogens (tertiary/aromatic N) is 1. The Morgan fingerprint density at radius 3 is 2.14 bits per heavy atom. The van der Waals surface area contributed by atoms with E-state index >= 15 is 0 Å². The minimum Gasteiger partial charge on any atom is -0.288 e. The lowest BCUT2D eigenvalue weighted by Crippen LogP contribution is -2.33. The third-order valence-electron chi connectivity index (χ3n) is 2.53. The van der Waals surface area contributed by atoms with Gasteiger partial charge in [-0.05, 0) is 18.6 Å². The number of Topliss-reactive ketones (excluding diaryl/α,β-unsaturated/α-hetero) is 1. The summed E-state index contributed by atoms with van der Waals surface area (Å²) in [5, 5.41) is 0. The van der Waals surface area contributed by atoms with Crippen LogP contribution in [0.2, 0.25) is 0 Å². The molecule has 0 aliphatic rings. The number of carbonyl (C=O) groups excluding carboxylic acids is 2. The number of carbonyl (C=O) groups is 2. The van der Waals surface area contributed by atoms with Crippen molar-refractivity contribution < 1.29 is 9.59 Å². The monoisotopic (exact) mass is 193 g/mol. The Kier molecular flexibility index (Phi) is 2.89. The molecule has 0 atom stereocenters. The molecule has 14 heavy (non-hydrogen) atoms. The van der Waals surface area contributed by atoms with Crippen LogP contribution in [0.15, 0.2) is 24.5 Å². The van der Waals surface area contributed by atoms with Gasteiger partial charge in [-0.15, -0.1) is 0 Å². The van der Waals surface area contributed by atoms with Crippen LogP contribution < -0.4 is 0 Å². The molecule has 0 amide bonds. The zero-order chi connectivity index (χ0) is 10.8. The Balaban J connectivity index is 2.87. The van der Waals surface area contributed by atoms with Crippen LogP contribution in [0.5, 0.6) is 0 Å². The van der Waals surface area contributed by atoms with Crippen molar-refractivity contribution in [3.63, 3.8) is 0 Å². The van der Waals surface area contributed by atoms with Crippen molar-refractivity contribution in [1.29, 1.82) is 0 Å². The largest absolute Gasteiger partial charge is 0.298 e. The molecule has 1 aromatic heterocycles. The topological polar surface area (TPSA) is 39.1 Å². The summed E-state index contributed by atoms with van der Waals surface area (Å²) in [5.74, 6) is -0.793. The summed E-state index contributed by atoms with van der Waals surface area (Å²) in [6.07, 6.45) is 3.84. The second kappa shape index (κ2) is 3.78. The first-order valence-corrected chi connectivity index (χ1v) is 4.71. The highest BCUT2D eigenvalue weighted by molar-refractivity contribution is 6.38. The van der Waals surface area contributed by atoms with E-state index in [1.807, 2.05) is 6.92 Å². The zero-order valence-electron chi connectivity index (χ0n) is 8.78. The maximum atomic E-state index is 11.7. The van der Waals surface area contributed by atoms with Gasteiger partial charge in [0, 0.05) is 17.8 Å². The summed E-state index contributed by atoms with van der Waals surface area (Å²) in [7, 11) is 0. The van der Waals surface area contributed by atoms with Crippen LogP contribution in [0.25, 0.3) is 0 Å². The van der Waals surface area contributed by atoms with Crippen molar-refractivity contribution in [2.24, 2.45) is 5.41 Å². The van der Waals surface area contributed by atoms with Crippen LogP contribution in [0.3, 0.4) is 0 Å². The molecule has 3 nitrogen and oxygen atoms in total. The molecular weight excluding hydrogens is 178 g/mol. The third-order valence-corrected chi connectivity index (χ3v) is 2.53.